The summed E-state index contributed by atoms with van der Waals surface area (Å²) in [5.41, 5.74) is 0. The fraction of sp³-hybridized carbons (Fsp3) is 0.667. The third-order valence-corrected chi connectivity index (χ3v) is 1.37. The first-order valence-electron chi connectivity index (χ1n) is 3.57. The Morgan fingerprint density at radius 2 is 1.07 bits per heavy atom. The van der Waals surface area contributed by atoms with Gasteiger partial charge in [0.2, 0.25) is 0 Å². The Morgan fingerprint density at radius 3 is 1.20 bits per heavy atom. The van der Waals surface area contributed by atoms with E-state index in [1.165, 1.54) is 0 Å². The van der Waals surface area contributed by atoms with Gasteiger partial charge in [-0.2, -0.15) is 0 Å². The molecule has 0 bridgehead atoms. The Labute approximate surface area is 132 Å². The van der Waals surface area contributed by atoms with Crippen LogP contribution in [0.3, 0.4) is 0 Å². The van der Waals surface area contributed by atoms with E-state index in [0.717, 1.165) is 0 Å². The molecule has 1 rings (SSSR count). The van der Waals surface area contributed by atoms with Crippen LogP contribution in [0.4, 0.5) is 0 Å². The number of rotatable bonds is 0. The summed E-state index contributed by atoms with van der Waals surface area (Å²) in [4.78, 5) is 45.2. The molecule has 9 heteroatoms. The van der Waals surface area contributed by atoms with Crippen LogP contribution in [0.25, 0.3) is 0 Å². The molecule has 1 aliphatic carbocycles. The zero-order chi connectivity index (χ0) is 10.5. The standard InChI is InChI=1S/C6H8O2.2Na.H3O4P/c7-5-1-2-6(8)4-3-5;;;1-5(2,3)4/h1-4H2;;;(H3,1,2,3,4)/q;2*+1;/p-2. The van der Waals surface area contributed by atoms with Crippen LogP contribution in [0.5, 0.6) is 0 Å². The number of hydrogen-bond donors (Lipinski definition) is 1. The van der Waals surface area contributed by atoms with Gasteiger partial charge in [0.15, 0.2) is 0 Å². The molecule has 0 heterocycles. The van der Waals surface area contributed by atoms with E-state index in [2.05, 4.69) is 0 Å². The predicted octanol–water partition coefficient (Wildman–Crippen LogP) is -7.49. The first-order valence-corrected chi connectivity index (χ1v) is 5.07. The second-order valence-corrected chi connectivity index (χ2v) is 3.48. The van der Waals surface area contributed by atoms with E-state index in [9.17, 15) is 9.59 Å². The van der Waals surface area contributed by atoms with E-state index in [1.807, 2.05) is 0 Å². The smallest absolute Gasteiger partial charge is 0.790 e. The molecule has 0 spiro atoms. The van der Waals surface area contributed by atoms with Crippen LogP contribution in [0, 0.1) is 0 Å². The Kier molecular flexibility index (Phi) is 15.3. The van der Waals surface area contributed by atoms with Crippen molar-refractivity contribution in [2.24, 2.45) is 0 Å². The van der Waals surface area contributed by atoms with Crippen LogP contribution in [-0.2, 0) is 14.2 Å². The monoisotopic (exact) mass is 254 g/mol. The minimum absolute atomic E-state index is 0. The van der Waals surface area contributed by atoms with E-state index in [1.54, 1.807) is 0 Å². The van der Waals surface area contributed by atoms with Crippen LogP contribution >= 0.6 is 7.82 Å². The van der Waals surface area contributed by atoms with Crippen LogP contribution in [-0.4, -0.2) is 16.5 Å². The molecule has 0 aromatic rings. The van der Waals surface area contributed by atoms with Gasteiger partial charge >= 0.3 is 59.1 Å². The van der Waals surface area contributed by atoms with Crippen molar-refractivity contribution in [1.82, 2.24) is 0 Å². The topological polar surface area (TPSA) is 118 Å². The number of ketones is 2. The van der Waals surface area contributed by atoms with Gasteiger partial charge in [-0.05, 0) is 0 Å². The summed E-state index contributed by atoms with van der Waals surface area (Å²) < 4.78 is 8.66. The molecule has 0 unspecified atom stereocenters. The van der Waals surface area contributed by atoms with Crippen LogP contribution in [0.1, 0.15) is 25.7 Å². The van der Waals surface area contributed by atoms with Gasteiger partial charge < -0.3 is 19.2 Å². The zero-order valence-corrected chi connectivity index (χ0v) is 13.7. The van der Waals surface area contributed by atoms with Gasteiger partial charge in [0.25, 0.3) is 0 Å². The van der Waals surface area contributed by atoms with Crippen LogP contribution < -0.4 is 68.9 Å². The van der Waals surface area contributed by atoms with E-state index in [-0.39, 0.29) is 70.7 Å². The van der Waals surface area contributed by atoms with E-state index in [0.29, 0.717) is 25.7 Å². The van der Waals surface area contributed by atoms with Gasteiger partial charge in [0.05, 0.1) is 7.82 Å². The van der Waals surface area contributed by atoms with E-state index >= 15 is 0 Å². The van der Waals surface area contributed by atoms with Crippen molar-refractivity contribution in [3.8, 4) is 0 Å². The van der Waals surface area contributed by atoms with Gasteiger partial charge in [-0.3, -0.25) is 9.59 Å². The van der Waals surface area contributed by atoms with E-state index < -0.39 is 7.82 Å². The van der Waals surface area contributed by atoms with Crippen LogP contribution in [0.2, 0.25) is 0 Å². The zero-order valence-electron chi connectivity index (χ0n) is 8.76. The fourth-order valence-corrected chi connectivity index (χ4v) is 0.808. The maximum atomic E-state index is 10.5. The van der Waals surface area contributed by atoms with Crippen molar-refractivity contribution >= 4 is 19.4 Å². The minimum atomic E-state index is -5.14. The molecule has 1 fully saturated rings. The van der Waals surface area contributed by atoms with Crippen molar-refractivity contribution < 1.29 is 87.9 Å². The molecule has 6 nitrogen and oxygen atoms in total. The molecule has 0 aromatic carbocycles. The maximum absolute atomic E-state index is 10.5. The molecule has 0 saturated heterocycles. The Bertz CT molecular complexity index is 214. The van der Waals surface area contributed by atoms with Crippen LogP contribution in [0.15, 0.2) is 0 Å². The van der Waals surface area contributed by atoms with Crippen molar-refractivity contribution in [3.63, 3.8) is 0 Å². The minimum Gasteiger partial charge on any atom is -0.790 e. The predicted molar refractivity (Wildman–Crippen MR) is 38.3 cm³/mol. The van der Waals surface area contributed by atoms with Crippen molar-refractivity contribution in [3.05, 3.63) is 0 Å². The molecular weight excluding hydrogens is 245 g/mol. The van der Waals surface area contributed by atoms with Gasteiger partial charge in [-0.25, -0.2) is 0 Å². The summed E-state index contributed by atoms with van der Waals surface area (Å²) >= 11 is 0. The molecule has 0 radical (unpaired) electrons. The second kappa shape index (κ2) is 10.6. The average Bonchev–Trinajstić information content (AvgIpc) is 1.92. The van der Waals surface area contributed by atoms with Gasteiger partial charge in [0.1, 0.15) is 11.6 Å². The summed E-state index contributed by atoms with van der Waals surface area (Å²) in [7, 11) is -5.14. The third kappa shape index (κ3) is 21.3. The summed E-state index contributed by atoms with van der Waals surface area (Å²) in [6.45, 7) is 0. The van der Waals surface area contributed by atoms with Crippen molar-refractivity contribution in [2.75, 3.05) is 0 Å². The van der Waals surface area contributed by atoms with Gasteiger partial charge in [-0.1, -0.05) is 0 Å². The number of phosphoric acid groups is 1. The molecule has 0 aliphatic heterocycles. The molecule has 1 aliphatic rings. The summed E-state index contributed by atoms with van der Waals surface area (Å²) in [5, 5.41) is 0. The third-order valence-electron chi connectivity index (χ3n) is 1.37. The molecule has 1 N–H and O–H groups in total. The summed E-state index contributed by atoms with van der Waals surface area (Å²) in [6.07, 6.45) is 1.94. The van der Waals surface area contributed by atoms with Gasteiger partial charge in [0, 0.05) is 25.7 Å². The normalized spacial score (nSPS) is 15.4. The Morgan fingerprint density at radius 1 is 0.933 bits per heavy atom. The average molecular weight is 254 g/mol. The number of hydrogen-bond acceptors (Lipinski definition) is 5. The quantitative estimate of drug-likeness (QED) is 0.339. The molecule has 15 heavy (non-hydrogen) atoms. The first kappa shape index (κ1) is 21.7. The number of Topliss-reactive ketones (excluding diaryl/α,β-unsaturated/α-hetero) is 2. The van der Waals surface area contributed by atoms with Gasteiger partial charge in [-0.15, -0.1) is 0 Å². The summed E-state index contributed by atoms with van der Waals surface area (Å²) in [6, 6.07) is 0. The SMILES string of the molecule is O=C1CCC(=O)CC1.O=P([O-])([O-])O.[Na+].[Na+]. The number of carbonyl (C=O) groups excluding carboxylic acids is 2. The molecular formula is C6H9Na2O6P. The molecule has 0 atom stereocenters. The van der Waals surface area contributed by atoms with Crippen molar-refractivity contribution in [2.45, 2.75) is 25.7 Å². The fourth-order valence-electron chi connectivity index (χ4n) is 0.808. The second-order valence-electron chi connectivity index (χ2n) is 2.55. The molecule has 1 saturated carbocycles. The summed E-state index contributed by atoms with van der Waals surface area (Å²) in [5.74, 6) is 0.481. The molecule has 0 aromatic heterocycles. The largest absolute Gasteiger partial charge is 1.00 e. The Hall–Kier alpha value is 1.45. The van der Waals surface area contributed by atoms with Crippen molar-refractivity contribution in [1.29, 1.82) is 0 Å². The maximum Gasteiger partial charge on any atom is 1.00 e. The molecule has 76 valence electrons. The first-order chi connectivity index (χ1) is 5.79. The number of carbonyl (C=O) groups is 2. The molecule has 0 amide bonds. The Balaban J connectivity index is -0.000000185. The van der Waals surface area contributed by atoms with E-state index in [4.69, 9.17) is 19.2 Å².